The van der Waals surface area contributed by atoms with Crippen molar-refractivity contribution in [1.29, 1.82) is 0 Å². The van der Waals surface area contributed by atoms with Crippen LogP contribution >= 0.6 is 0 Å². The number of hydrogen-bond donors (Lipinski definition) is 1. The number of hydrogen-bond acceptors (Lipinski definition) is 1. The summed E-state index contributed by atoms with van der Waals surface area (Å²) in [5.74, 6) is -0.0932. The van der Waals surface area contributed by atoms with Crippen molar-refractivity contribution < 1.29 is 4.39 Å². The second kappa shape index (κ2) is 6.15. The molecular weight excluding hydrogens is 213 g/mol. The summed E-state index contributed by atoms with van der Waals surface area (Å²) < 4.78 is 13.6. The van der Waals surface area contributed by atoms with Crippen molar-refractivity contribution in [3.05, 3.63) is 35.6 Å². The van der Waals surface area contributed by atoms with Crippen molar-refractivity contribution in [3.63, 3.8) is 0 Å². The third kappa shape index (κ3) is 5.31. The van der Waals surface area contributed by atoms with Gasteiger partial charge in [-0.1, -0.05) is 45.9 Å². The molecule has 0 spiro atoms. The Kier molecular flexibility index (Phi) is 5.13. The van der Waals surface area contributed by atoms with Crippen molar-refractivity contribution in [1.82, 2.24) is 5.32 Å². The van der Waals surface area contributed by atoms with Crippen LogP contribution in [-0.4, -0.2) is 12.6 Å². The zero-order valence-electron chi connectivity index (χ0n) is 11.4. The van der Waals surface area contributed by atoms with Gasteiger partial charge in [0, 0.05) is 6.04 Å². The summed E-state index contributed by atoms with van der Waals surface area (Å²) in [6.07, 6.45) is 1.81. The van der Waals surface area contributed by atoms with Crippen molar-refractivity contribution in [2.45, 2.75) is 46.6 Å². The maximum atomic E-state index is 13.6. The molecule has 1 N–H and O–H groups in total. The fraction of sp³-hybridized carbons (Fsp3) is 0.600. The van der Waals surface area contributed by atoms with Gasteiger partial charge in [0.25, 0.3) is 0 Å². The fourth-order valence-corrected chi connectivity index (χ4v) is 2.17. The van der Waals surface area contributed by atoms with E-state index in [2.05, 4.69) is 33.0 Å². The van der Waals surface area contributed by atoms with Crippen molar-refractivity contribution in [2.75, 3.05) is 6.54 Å². The lowest BCUT2D eigenvalue weighted by molar-refractivity contribution is 0.308. The molecule has 1 rings (SSSR count). The average molecular weight is 237 g/mol. The first-order valence-electron chi connectivity index (χ1n) is 6.39. The van der Waals surface area contributed by atoms with Crippen LogP contribution in [0.1, 0.15) is 39.7 Å². The lowest BCUT2D eigenvalue weighted by Crippen LogP contribution is -2.34. The normalized spacial score (nSPS) is 13.7. The maximum absolute atomic E-state index is 13.6. The van der Waals surface area contributed by atoms with E-state index in [4.69, 9.17) is 0 Å². The first-order chi connectivity index (χ1) is 7.92. The van der Waals surface area contributed by atoms with Crippen LogP contribution in [-0.2, 0) is 6.42 Å². The summed E-state index contributed by atoms with van der Waals surface area (Å²) in [5, 5.41) is 3.45. The van der Waals surface area contributed by atoms with E-state index in [1.807, 2.05) is 12.1 Å². The van der Waals surface area contributed by atoms with Gasteiger partial charge < -0.3 is 5.32 Å². The topological polar surface area (TPSA) is 12.0 Å². The van der Waals surface area contributed by atoms with E-state index in [1.54, 1.807) is 6.07 Å². The molecule has 0 aliphatic carbocycles. The summed E-state index contributed by atoms with van der Waals surface area (Å²) >= 11 is 0. The Balaban J connectivity index is 2.70. The molecule has 1 unspecified atom stereocenters. The summed E-state index contributed by atoms with van der Waals surface area (Å²) in [6.45, 7) is 9.68. The van der Waals surface area contributed by atoms with Gasteiger partial charge in [0.1, 0.15) is 5.82 Å². The Labute approximate surface area is 104 Å². The van der Waals surface area contributed by atoms with E-state index in [-0.39, 0.29) is 11.2 Å². The van der Waals surface area contributed by atoms with Gasteiger partial charge in [-0.25, -0.2) is 4.39 Å². The minimum atomic E-state index is -0.0932. The summed E-state index contributed by atoms with van der Waals surface area (Å²) in [6, 6.07) is 7.40. The Morgan fingerprint density at radius 3 is 2.41 bits per heavy atom. The maximum Gasteiger partial charge on any atom is 0.126 e. The molecule has 96 valence electrons. The molecule has 0 heterocycles. The average Bonchev–Trinajstić information content (AvgIpc) is 2.19. The van der Waals surface area contributed by atoms with E-state index < -0.39 is 0 Å². The van der Waals surface area contributed by atoms with Gasteiger partial charge in [-0.2, -0.15) is 0 Å². The van der Waals surface area contributed by atoms with Crippen molar-refractivity contribution in [3.8, 4) is 0 Å². The van der Waals surface area contributed by atoms with Gasteiger partial charge in [-0.05, 0) is 36.4 Å². The van der Waals surface area contributed by atoms with Crippen LogP contribution in [0.25, 0.3) is 0 Å². The van der Waals surface area contributed by atoms with E-state index in [1.165, 1.54) is 6.07 Å². The molecule has 1 nitrogen and oxygen atoms in total. The first kappa shape index (κ1) is 14.2. The highest BCUT2D eigenvalue weighted by molar-refractivity contribution is 5.18. The van der Waals surface area contributed by atoms with Crippen molar-refractivity contribution >= 4 is 0 Å². The van der Waals surface area contributed by atoms with Gasteiger partial charge >= 0.3 is 0 Å². The molecule has 0 aliphatic rings. The molecule has 17 heavy (non-hydrogen) atoms. The molecule has 0 amide bonds. The van der Waals surface area contributed by atoms with E-state index in [0.29, 0.717) is 6.04 Å². The molecule has 0 bridgehead atoms. The Morgan fingerprint density at radius 2 is 1.88 bits per heavy atom. The summed E-state index contributed by atoms with van der Waals surface area (Å²) in [7, 11) is 0. The van der Waals surface area contributed by atoms with Crippen LogP contribution < -0.4 is 5.32 Å². The van der Waals surface area contributed by atoms with Crippen LogP contribution in [0, 0.1) is 11.2 Å². The number of likely N-dealkylation sites (N-methyl/N-ethyl adjacent to an activating group) is 1. The van der Waals surface area contributed by atoms with Crippen LogP contribution in [0.15, 0.2) is 24.3 Å². The van der Waals surface area contributed by atoms with Crippen molar-refractivity contribution in [2.24, 2.45) is 5.41 Å². The fourth-order valence-electron chi connectivity index (χ4n) is 2.17. The van der Waals surface area contributed by atoms with Gasteiger partial charge in [0.15, 0.2) is 0 Å². The summed E-state index contributed by atoms with van der Waals surface area (Å²) in [5.41, 5.74) is 1.07. The molecule has 0 aliphatic heterocycles. The zero-order valence-corrected chi connectivity index (χ0v) is 11.4. The number of benzene rings is 1. The standard InChI is InChI=1S/C15H24FN/c1-5-17-13(11-15(2,3)4)10-12-8-6-7-9-14(12)16/h6-9,13,17H,5,10-11H2,1-4H3. The molecule has 0 aromatic heterocycles. The quantitative estimate of drug-likeness (QED) is 0.821. The highest BCUT2D eigenvalue weighted by Crippen LogP contribution is 2.23. The van der Waals surface area contributed by atoms with Gasteiger partial charge in [0.05, 0.1) is 0 Å². The van der Waals surface area contributed by atoms with Gasteiger partial charge in [-0.15, -0.1) is 0 Å². The molecule has 0 fully saturated rings. The summed E-state index contributed by atoms with van der Waals surface area (Å²) in [4.78, 5) is 0. The number of rotatable bonds is 5. The van der Waals surface area contributed by atoms with E-state index >= 15 is 0 Å². The highest BCUT2D eigenvalue weighted by atomic mass is 19.1. The molecule has 1 aromatic rings. The molecule has 0 saturated heterocycles. The molecule has 0 saturated carbocycles. The minimum absolute atomic E-state index is 0.0932. The third-order valence-electron chi connectivity index (χ3n) is 2.78. The van der Waals surface area contributed by atoms with Crippen LogP contribution in [0.4, 0.5) is 4.39 Å². The molecule has 2 heteroatoms. The van der Waals surface area contributed by atoms with Crippen LogP contribution in [0.5, 0.6) is 0 Å². The monoisotopic (exact) mass is 237 g/mol. The molecular formula is C15H24FN. The SMILES string of the molecule is CCNC(Cc1ccccc1F)CC(C)(C)C. The first-order valence-corrected chi connectivity index (χ1v) is 6.39. The largest absolute Gasteiger partial charge is 0.314 e. The Hall–Kier alpha value is -0.890. The predicted octanol–water partition coefficient (Wildman–Crippen LogP) is 3.78. The highest BCUT2D eigenvalue weighted by Gasteiger charge is 2.19. The Bertz CT molecular complexity index is 341. The van der Waals surface area contributed by atoms with Crippen LogP contribution in [0.3, 0.4) is 0 Å². The molecule has 1 atom stereocenters. The van der Waals surface area contributed by atoms with E-state index in [0.717, 1.165) is 24.9 Å². The van der Waals surface area contributed by atoms with Gasteiger partial charge in [-0.3, -0.25) is 0 Å². The molecule has 0 radical (unpaired) electrons. The van der Waals surface area contributed by atoms with Crippen LogP contribution in [0.2, 0.25) is 0 Å². The van der Waals surface area contributed by atoms with Gasteiger partial charge in [0.2, 0.25) is 0 Å². The smallest absolute Gasteiger partial charge is 0.126 e. The molecule has 1 aromatic carbocycles. The lowest BCUT2D eigenvalue weighted by atomic mass is 9.86. The van der Waals surface area contributed by atoms with E-state index in [9.17, 15) is 4.39 Å². The number of halogens is 1. The number of nitrogens with one attached hydrogen (secondary N) is 1. The minimum Gasteiger partial charge on any atom is -0.314 e. The second-order valence-electron chi connectivity index (χ2n) is 5.81. The predicted molar refractivity (Wildman–Crippen MR) is 71.6 cm³/mol. The second-order valence-corrected chi connectivity index (χ2v) is 5.81. The third-order valence-corrected chi connectivity index (χ3v) is 2.78. The lowest BCUT2D eigenvalue weighted by Gasteiger charge is -2.26. The Morgan fingerprint density at radius 1 is 1.24 bits per heavy atom. The zero-order chi connectivity index (χ0) is 12.9.